The molecule has 0 saturated carbocycles. The first-order valence-corrected chi connectivity index (χ1v) is 8.79. The van der Waals surface area contributed by atoms with Crippen LogP contribution in [0.5, 0.6) is 0 Å². The minimum Gasteiger partial charge on any atom is -0.334 e. The number of para-hydroxylation sites is 1. The molecule has 2 aromatic heterocycles. The fourth-order valence-electron chi connectivity index (χ4n) is 2.22. The van der Waals surface area contributed by atoms with Crippen molar-refractivity contribution in [3.63, 3.8) is 0 Å². The van der Waals surface area contributed by atoms with E-state index in [-0.39, 0.29) is 11.8 Å². The summed E-state index contributed by atoms with van der Waals surface area (Å²) < 4.78 is 5.37. The predicted molar refractivity (Wildman–Crippen MR) is 98.3 cm³/mol. The van der Waals surface area contributed by atoms with Gasteiger partial charge in [0.2, 0.25) is 5.91 Å². The van der Waals surface area contributed by atoms with Gasteiger partial charge in [0, 0.05) is 17.4 Å². The first-order valence-electron chi connectivity index (χ1n) is 7.85. The van der Waals surface area contributed by atoms with Crippen molar-refractivity contribution in [1.29, 1.82) is 0 Å². The van der Waals surface area contributed by atoms with Crippen LogP contribution in [0, 0.1) is 6.92 Å². The van der Waals surface area contributed by atoms with E-state index in [2.05, 4.69) is 20.4 Å². The Morgan fingerprint density at radius 2 is 2.20 bits per heavy atom. The number of rotatable bonds is 5. The summed E-state index contributed by atoms with van der Waals surface area (Å²) in [6.07, 6.45) is 3.13. The van der Waals surface area contributed by atoms with Crippen molar-refractivity contribution in [2.75, 3.05) is 5.32 Å². The molecule has 0 aliphatic heterocycles. The number of carbonyl (C=O) groups is 1. The first-order chi connectivity index (χ1) is 12.0. The maximum Gasteiger partial charge on any atom is 0.260 e. The molecule has 0 aliphatic rings. The maximum atomic E-state index is 12.3. The number of nitrogens with zero attached hydrogens (tertiary/aromatic N) is 3. The molecule has 0 saturated heterocycles. The van der Waals surface area contributed by atoms with Gasteiger partial charge in [-0.25, -0.2) is 4.98 Å². The molecule has 0 bridgehead atoms. The third-order valence-electron chi connectivity index (χ3n) is 3.57. The van der Waals surface area contributed by atoms with Crippen LogP contribution in [0.1, 0.15) is 36.8 Å². The molecule has 3 aromatic rings. The molecule has 1 amide bonds. The number of carbonyl (C=O) groups excluding carboxylic acids is 1. The van der Waals surface area contributed by atoms with Crippen LogP contribution in [0.25, 0.3) is 17.5 Å². The minimum atomic E-state index is -0.243. The van der Waals surface area contributed by atoms with E-state index in [0.29, 0.717) is 23.0 Å². The molecule has 0 radical (unpaired) electrons. The molecule has 25 heavy (non-hydrogen) atoms. The number of thiazole rings is 1. The van der Waals surface area contributed by atoms with Crippen molar-refractivity contribution in [1.82, 2.24) is 15.1 Å². The molecule has 0 spiro atoms. The highest BCUT2D eigenvalue weighted by Gasteiger charge is 2.17. The summed E-state index contributed by atoms with van der Waals surface area (Å²) in [5.41, 5.74) is 4.75. The summed E-state index contributed by atoms with van der Waals surface area (Å²) in [6, 6.07) is 5.66. The van der Waals surface area contributed by atoms with Gasteiger partial charge in [-0.05, 0) is 24.6 Å². The van der Waals surface area contributed by atoms with Crippen molar-refractivity contribution in [2.45, 2.75) is 26.7 Å². The highest BCUT2D eigenvalue weighted by Crippen LogP contribution is 2.30. The van der Waals surface area contributed by atoms with Gasteiger partial charge in [-0.2, -0.15) is 4.98 Å². The fraction of sp³-hybridized carbons (Fsp3) is 0.222. The van der Waals surface area contributed by atoms with E-state index in [9.17, 15) is 4.79 Å². The van der Waals surface area contributed by atoms with Gasteiger partial charge < -0.3 is 9.84 Å². The highest BCUT2D eigenvalue weighted by molar-refractivity contribution is 7.07. The van der Waals surface area contributed by atoms with Crippen LogP contribution in [-0.4, -0.2) is 21.0 Å². The molecule has 7 heteroatoms. The Morgan fingerprint density at radius 1 is 1.36 bits per heavy atom. The third kappa shape index (κ3) is 4.00. The zero-order valence-corrected chi connectivity index (χ0v) is 15.0. The third-order valence-corrected chi connectivity index (χ3v) is 4.17. The van der Waals surface area contributed by atoms with Crippen molar-refractivity contribution in [3.05, 3.63) is 52.2 Å². The van der Waals surface area contributed by atoms with Gasteiger partial charge in [-0.1, -0.05) is 31.1 Å². The number of nitrogens with one attached hydrogen (secondary N) is 1. The van der Waals surface area contributed by atoms with E-state index in [0.717, 1.165) is 11.3 Å². The number of anilines is 1. The average molecular weight is 354 g/mol. The number of hydrogen-bond donors (Lipinski definition) is 1. The molecule has 0 fully saturated rings. The topological polar surface area (TPSA) is 80.9 Å². The molecular weight excluding hydrogens is 336 g/mol. The average Bonchev–Trinajstić information content (AvgIpc) is 3.26. The number of amides is 1. The quantitative estimate of drug-likeness (QED) is 0.692. The van der Waals surface area contributed by atoms with Gasteiger partial charge in [-0.15, -0.1) is 11.3 Å². The van der Waals surface area contributed by atoms with Gasteiger partial charge in [0.25, 0.3) is 5.89 Å². The van der Waals surface area contributed by atoms with Crippen LogP contribution >= 0.6 is 11.3 Å². The van der Waals surface area contributed by atoms with E-state index >= 15 is 0 Å². The lowest BCUT2D eigenvalue weighted by atomic mass is 10.1. The SMILES string of the molecule is Cc1cccc(-c2nc(C(C)C)no2)c1NC(=O)/C=C/c1cscn1. The largest absolute Gasteiger partial charge is 0.334 e. The minimum absolute atomic E-state index is 0.168. The molecule has 6 nitrogen and oxygen atoms in total. The summed E-state index contributed by atoms with van der Waals surface area (Å²) in [4.78, 5) is 20.8. The Hall–Kier alpha value is -2.80. The van der Waals surface area contributed by atoms with Crippen molar-refractivity contribution >= 4 is 29.0 Å². The van der Waals surface area contributed by atoms with Crippen LogP contribution in [0.4, 0.5) is 5.69 Å². The number of hydrogen-bond acceptors (Lipinski definition) is 6. The lowest BCUT2D eigenvalue weighted by Gasteiger charge is -2.10. The van der Waals surface area contributed by atoms with E-state index in [4.69, 9.17) is 4.52 Å². The Balaban J connectivity index is 1.86. The van der Waals surface area contributed by atoms with Crippen LogP contribution < -0.4 is 5.32 Å². The second kappa shape index (κ2) is 7.40. The molecule has 0 atom stereocenters. The highest BCUT2D eigenvalue weighted by atomic mass is 32.1. The lowest BCUT2D eigenvalue weighted by molar-refractivity contribution is -0.111. The number of aryl methyl sites for hydroxylation is 1. The Kier molecular flexibility index (Phi) is 5.04. The van der Waals surface area contributed by atoms with Gasteiger partial charge in [0.1, 0.15) is 0 Å². The Morgan fingerprint density at radius 3 is 2.88 bits per heavy atom. The van der Waals surface area contributed by atoms with Crippen molar-refractivity contribution in [3.8, 4) is 11.5 Å². The summed E-state index contributed by atoms with van der Waals surface area (Å²) >= 11 is 1.48. The van der Waals surface area contributed by atoms with Gasteiger partial charge >= 0.3 is 0 Å². The van der Waals surface area contributed by atoms with Crippen LogP contribution in [0.15, 0.2) is 39.7 Å². The molecule has 0 aliphatic carbocycles. The van der Waals surface area contributed by atoms with Crippen molar-refractivity contribution < 1.29 is 9.32 Å². The van der Waals surface area contributed by atoms with E-state index < -0.39 is 0 Å². The van der Waals surface area contributed by atoms with E-state index in [1.54, 1.807) is 11.6 Å². The number of benzene rings is 1. The van der Waals surface area contributed by atoms with Crippen LogP contribution in [0.3, 0.4) is 0 Å². The monoisotopic (exact) mass is 354 g/mol. The molecule has 1 N–H and O–H groups in total. The van der Waals surface area contributed by atoms with Gasteiger partial charge in [-0.3, -0.25) is 4.79 Å². The Bertz CT molecular complexity index is 898. The molecule has 2 heterocycles. The molecule has 0 unspecified atom stereocenters. The normalized spacial score (nSPS) is 11.4. The van der Waals surface area contributed by atoms with Crippen molar-refractivity contribution in [2.24, 2.45) is 0 Å². The Labute approximate surface area is 149 Å². The predicted octanol–water partition coefficient (Wildman–Crippen LogP) is 4.28. The molecule has 3 rings (SSSR count). The molecule has 128 valence electrons. The summed E-state index contributed by atoms with van der Waals surface area (Å²) in [6.45, 7) is 5.91. The summed E-state index contributed by atoms with van der Waals surface area (Å²) in [7, 11) is 0. The smallest absolute Gasteiger partial charge is 0.260 e. The standard InChI is InChI=1S/C18H18N4O2S/c1-11(2)17-21-18(24-22-17)14-6-4-5-12(3)16(14)20-15(23)8-7-13-9-25-10-19-13/h4-11H,1-3H3,(H,20,23)/b8-7+. The second-order valence-corrected chi connectivity index (χ2v) is 6.56. The fourth-order valence-corrected chi connectivity index (χ4v) is 2.74. The van der Waals surface area contributed by atoms with Gasteiger partial charge in [0.15, 0.2) is 5.82 Å². The second-order valence-electron chi connectivity index (χ2n) is 5.85. The summed E-state index contributed by atoms with van der Waals surface area (Å²) in [5, 5.41) is 8.76. The first kappa shape index (κ1) is 17.0. The number of aromatic nitrogens is 3. The zero-order chi connectivity index (χ0) is 17.8. The molecule has 1 aromatic carbocycles. The van der Waals surface area contributed by atoms with Crippen LogP contribution in [0.2, 0.25) is 0 Å². The van der Waals surface area contributed by atoms with E-state index in [1.807, 2.05) is 44.4 Å². The maximum absolute atomic E-state index is 12.3. The summed E-state index contributed by atoms with van der Waals surface area (Å²) in [5.74, 6) is 0.955. The molecular formula is C18H18N4O2S. The van der Waals surface area contributed by atoms with Gasteiger partial charge in [0.05, 0.1) is 22.5 Å². The lowest BCUT2D eigenvalue weighted by Crippen LogP contribution is -2.10. The zero-order valence-electron chi connectivity index (χ0n) is 14.2. The van der Waals surface area contributed by atoms with Crippen LogP contribution in [-0.2, 0) is 4.79 Å². The van der Waals surface area contributed by atoms with E-state index in [1.165, 1.54) is 17.4 Å².